The zero-order chi connectivity index (χ0) is 13.5. The molecule has 1 heterocycles. The summed E-state index contributed by atoms with van der Waals surface area (Å²) in [5, 5.41) is 3.59. The second kappa shape index (κ2) is 7.51. The number of para-hydroxylation sites is 1. The van der Waals surface area contributed by atoms with Gasteiger partial charge in [0.1, 0.15) is 5.75 Å². The van der Waals surface area contributed by atoms with Crippen LogP contribution in [0.5, 0.6) is 5.75 Å². The quantitative estimate of drug-likeness (QED) is 0.817. The fraction of sp³-hybridized carbons (Fsp3) is 0.625. The Labute approximate surface area is 116 Å². The van der Waals surface area contributed by atoms with Crippen molar-refractivity contribution in [3.63, 3.8) is 0 Å². The minimum atomic E-state index is 0.712. The molecule has 1 aliphatic rings. The van der Waals surface area contributed by atoms with Crippen molar-refractivity contribution in [3.05, 3.63) is 29.8 Å². The molecule has 0 aliphatic carbocycles. The van der Waals surface area contributed by atoms with Gasteiger partial charge in [0.2, 0.25) is 0 Å². The maximum atomic E-state index is 5.65. The van der Waals surface area contributed by atoms with Gasteiger partial charge >= 0.3 is 0 Å². The van der Waals surface area contributed by atoms with E-state index in [0.717, 1.165) is 25.4 Å². The van der Waals surface area contributed by atoms with E-state index in [9.17, 15) is 0 Å². The first-order chi connectivity index (χ1) is 9.35. The second-order valence-electron chi connectivity index (χ2n) is 5.10. The van der Waals surface area contributed by atoms with E-state index < -0.39 is 0 Å². The number of hydrogen-bond donors (Lipinski definition) is 1. The predicted octanol–water partition coefficient (Wildman–Crippen LogP) is 2.66. The molecule has 1 saturated heterocycles. The lowest BCUT2D eigenvalue weighted by atomic mass is 10.2. The van der Waals surface area contributed by atoms with Crippen molar-refractivity contribution < 1.29 is 4.74 Å². The molecule has 1 atom stereocenters. The van der Waals surface area contributed by atoms with Gasteiger partial charge in [-0.1, -0.05) is 25.1 Å². The minimum absolute atomic E-state index is 0.712. The van der Waals surface area contributed by atoms with Crippen LogP contribution in [-0.4, -0.2) is 37.2 Å². The summed E-state index contributed by atoms with van der Waals surface area (Å²) in [6, 6.07) is 9.01. The Balaban J connectivity index is 1.82. The zero-order valence-electron chi connectivity index (χ0n) is 12.2. The highest BCUT2D eigenvalue weighted by molar-refractivity contribution is 5.33. The molecule has 3 nitrogen and oxygen atoms in total. The molecule has 1 aromatic rings. The lowest BCUT2D eigenvalue weighted by molar-refractivity contribution is 0.259. The number of benzene rings is 1. The SMILES string of the molecule is CCOc1ccccc1CNCC1CCCN1CC. The van der Waals surface area contributed by atoms with Crippen LogP contribution in [0, 0.1) is 0 Å². The highest BCUT2D eigenvalue weighted by Gasteiger charge is 2.22. The molecule has 1 unspecified atom stereocenters. The van der Waals surface area contributed by atoms with E-state index in [1.807, 2.05) is 13.0 Å². The molecular formula is C16H26N2O. The first-order valence-corrected chi connectivity index (χ1v) is 7.50. The molecule has 2 rings (SSSR count). The molecular weight excluding hydrogens is 236 g/mol. The number of likely N-dealkylation sites (N-methyl/N-ethyl adjacent to an activating group) is 1. The topological polar surface area (TPSA) is 24.5 Å². The van der Waals surface area contributed by atoms with Crippen molar-refractivity contribution in [1.29, 1.82) is 0 Å². The normalized spacial score (nSPS) is 19.8. The Hall–Kier alpha value is -1.06. The fourth-order valence-corrected chi connectivity index (χ4v) is 2.86. The van der Waals surface area contributed by atoms with Crippen LogP contribution in [0.1, 0.15) is 32.3 Å². The standard InChI is InChI=1S/C16H26N2O/c1-3-18-11-7-9-15(18)13-17-12-14-8-5-6-10-16(14)19-4-2/h5-6,8,10,15,17H,3-4,7,9,11-13H2,1-2H3. The molecule has 0 amide bonds. The summed E-state index contributed by atoms with van der Waals surface area (Å²) in [6.45, 7) is 9.41. The van der Waals surface area contributed by atoms with Crippen LogP contribution in [0.15, 0.2) is 24.3 Å². The lowest BCUT2D eigenvalue weighted by Gasteiger charge is -2.23. The van der Waals surface area contributed by atoms with E-state index >= 15 is 0 Å². The monoisotopic (exact) mass is 262 g/mol. The number of rotatable bonds is 7. The molecule has 1 aliphatic heterocycles. The summed E-state index contributed by atoms with van der Waals surface area (Å²) in [5.41, 5.74) is 1.25. The molecule has 0 aromatic heterocycles. The summed E-state index contributed by atoms with van der Waals surface area (Å²) < 4.78 is 5.65. The van der Waals surface area contributed by atoms with Gasteiger partial charge in [0.25, 0.3) is 0 Å². The van der Waals surface area contributed by atoms with Crippen LogP contribution in [0.4, 0.5) is 0 Å². The molecule has 19 heavy (non-hydrogen) atoms. The Morgan fingerprint density at radius 1 is 1.32 bits per heavy atom. The van der Waals surface area contributed by atoms with E-state index in [0.29, 0.717) is 6.04 Å². The molecule has 1 N–H and O–H groups in total. The molecule has 0 radical (unpaired) electrons. The Morgan fingerprint density at radius 3 is 2.95 bits per heavy atom. The first-order valence-electron chi connectivity index (χ1n) is 7.50. The molecule has 0 saturated carbocycles. The number of nitrogens with one attached hydrogen (secondary N) is 1. The van der Waals surface area contributed by atoms with Gasteiger partial charge in [0.05, 0.1) is 6.61 Å². The lowest BCUT2D eigenvalue weighted by Crippen LogP contribution is -2.37. The number of likely N-dealkylation sites (tertiary alicyclic amines) is 1. The Morgan fingerprint density at radius 2 is 2.16 bits per heavy atom. The second-order valence-corrected chi connectivity index (χ2v) is 5.10. The Bertz CT molecular complexity index is 381. The van der Waals surface area contributed by atoms with Gasteiger partial charge < -0.3 is 10.1 Å². The van der Waals surface area contributed by atoms with Crippen molar-refractivity contribution in [2.45, 2.75) is 39.3 Å². The molecule has 1 fully saturated rings. The zero-order valence-corrected chi connectivity index (χ0v) is 12.2. The van der Waals surface area contributed by atoms with Crippen LogP contribution in [0.25, 0.3) is 0 Å². The molecule has 0 bridgehead atoms. The molecule has 0 spiro atoms. The van der Waals surface area contributed by atoms with Crippen LogP contribution in [0.2, 0.25) is 0 Å². The van der Waals surface area contributed by atoms with E-state index in [-0.39, 0.29) is 0 Å². The summed E-state index contributed by atoms with van der Waals surface area (Å²) >= 11 is 0. The van der Waals surface area contributed by atoms with Gasteiger partial charge in [-0.25, -0.2) is 0 Å². The fourth-order valence-electron chi connectivity index (χ4n) is 2.86. The van der Waals surface area contributed by atoms with Crippen LogP contribution in [-0.2, 0) is 6.54 Å². The third-order valence-corrected chi connectivity index (χ3v) is 3.87. The van der Waals surface area contributed by atoms with Crippen molar-refractivity contribution in [2.24, 2.45) is 0 Å². The number of hydrogen-bond acceptors (Lipinski definition) is 3. The van der Waals surface area contributed by atoms with Crippen molar-refractivity contribution in [1.82, 2.24) is 10.2 Å². The average Bonchev–Trinajstić information content (AvgIpc) is 2.88. The van der Waals surface area contributed by atoms with Gasteiger partial charge in [-0.05, 0) is 38.9 Å². The summed E-state index contributed by atoms with van der Waals surface area (Å²) in [4.78, 5) is 2.57. The van der Waals surface area contributed by atoms with Crippen molar-refractivity contribution in [3.8, 4) is 5.75 Å². The van der Waals surface area contributed by atoms with E-state index in [4.69, 9.17) is 4.74 Å². The van der Waals surface area contributed by atoms with Crippen molar-refractivity contribution in [2.75, 3.05) is 26.2 Å². The average molecular weight is 262 g/mol. The summed E-state index contributed by atoms with van der Waals surface area (Å²) in [7, 11) is 0. The van der Waals surface area contributed by atoms with Crippen LogP contribution in [0.3, 0.4) is 0 Å². The third-order valence-electron chi connectivity index (χ3n) is 3.87. The summed E-state index contributed by atoms with van der Waals surface area (Å²) in [6.07, 6.45) is 2.67. The van der Waals surface area contributed by atoms with Gasteiger partial charge in [0.15, 0.2) is 0 Å². The third kappa shape index (κ3) is 3.95. The van der Waals surface area contributed by atoms with E-state index in [2.05, 4.69) is 35.3 Å². The molecule has 3 heteroatoms. The molecule has 1 aromatic carbocycles. The van der Waals surface area contributed by atoms with Crippen LogP contribution >= 0.6 is 0 Å². The predicted molar refractivity (Wildman–Crippen MR) is 79.6 cm³/mol. The number of ether oxygens (including phenoxy) is 1. The molecule has 106 valence electrons. The van der Waals surface area contributed by atoms with E-state index in [1.165, 1.54) is 31.5 Å². The van der Waals surface area contributed by atoms with Gasteiger partial charge in [-0.2, -0.15) is 0 Å². The van der Waals surface area contributed by atoms with E-state index in [1.54, 1.807) is 0 Å². The maximum absolute atomic E-state index is 5.65. The smallest absolute Gasteiger partial charge is 0.123 e. The van der Waals surface area contributed by atoms with Gasteiger partial charge in [-0.15, -0.1) is 0 Å². The number of nitrogens with zero attached hydrogens (tertiary/aromatic N) is 1. The maximum Gasteiger partial charge on any atom is 0.123 e. The first kappa shape index (κ1) is 14.4. The van der Waals surface area contributed by atoms with Crippen LogP contribution < -0.4 is 10.1 Å². The van der Waals surface area contributed by atoms with Gasteiger partial charge in [-0.3, -0.25) is 4.90 Å². The summed E-state index contributed by atoms with van der Waals surface area (Å²) in [5.74, 6) is 1.01. The Kier molecular flexibility index (Phi) is 5.67. The highest BCUT2D eigenvalue weighted by Crippen LogP contribution is 2.19. The minimum Gasteiger partial charge on any atom is -0.494 e. The van der Waals surface area contributed by atoms with Gasteiger partial charge in [0, 0.05) is 24.7 Å². The highest BCUT2D eigenvalue weighted by atomic mass is 16.5. The largest absolute Gasteiger partial charge is 0.494 e. The van der Waals surface area contributed by atoms with Crippen molar-refractivity contribution >= 4 is 0 Å².